The largest absolute Gasteiger partial charge is 0.371 e. The molecule has 142 valence electrons. The summed E-state index contributed by atoms with van der Waals surface area (Å²) in [5.74, 6) is 0. The van der Waals surface area contributed by atoms with Crippen molar-refractivity contribution >= 4 is 27.3 Å². The molecule has 0 saturated heterocycles. The molecule has 0 amide bonds. The molecule has 0 N–H and O–H groups in total. The number of hydrogen-bond donors (Lipinski definition) is 0. The van der Waals surface area contributed by atoms with Crippen molar-refractivity contribution < 1.29 is 12.3 Å². The van der Waals surface area contributed by atoms with Crippen LogP contribution >= 0.6 is 0 Å². The molecule has 0 bridgehead atoms. The summed E-state index contributed by atoms with van der Waals surface area (Å²) < 4.78 is 34.6. The van der Waals surface area contributed by atoms with Crippen molar-refractivity contribution in [1.29, 1.82) is 5.26 Å². The summed E-state index contributed by atoms with van der Waals surface area (Å²) in [6.45, 7) is 7.41. The molecule has 0 radical (unpaired) electrons. The second-order valence-corrected chi connectivity index (χ2v) is 7.39. The number of nitrogens with zero attached hydrogens (tertiary/aromatic N) is 4. The van der Waals surface area contributed by atoms with Gasteiger partial charge in [-0.25, -0.2) is 0 Å². The summed E-state index contributed by atoms with van der Waals surface area (Å²) in [7, 11) is -4.72. The van der Waals surface area contributed by atoms with Crippen molar-refractivity contribution in [3.05, 3.63) is 47.5 Å². The Morgan fingerprint density at radius 1 is 1.11 bits per heavy atom. The first-order valence-electron chi connectivity index (χ1n) is 8.46. The Kier molecular flexibility index (Phi) is 6.64. The lowest BCUT2D eigenvalue weighted by Crippen LogP contribution is -2.24. The van der Waals surface area contributed by atoms with Crippen LogP contribution in [0.5, 0.6) is 0 Å². The summed E-state index contributed by atoms with van der Waals surface area (Å²) >= 11 is 0. The molecule has 2 rings (SSSR count). The number of halogens is 1. The molecule has 0 unspecified atom stereocenters. The van der Waals surface area contributed by atoms with Gasteiger partial charge in [-0.3, -0.25) is 0 Å². The second kappa shape index (κ2) is 8.73. The van der Waals surface area contributed by atoms with Gasteiger partial charge in [0.1, 0.15) is 0 Å². The third kappa shape index (κ3) is 5.34. The SMILES string of the molecule is CCN(CCC#N)c1cc(C)c(N=Nc2ccc(S(=O)(=O)F)cc2)cc1C. The predicted octanol–water partition coefficient (Wildman–Crippen LogP) is 5.12. The van der Waals surface area contributed by atoms with Crippen molar-refractivity contribution in [3.63, 3.8) is 0 Å². The smallest absolute Gasteiger partial charge is 0.332 e. The van der Waals surface area contributed by atoms with Crippen LogP contribution in [-0.4, -0.2) is 21.5 Å². The highest BCUT2D eigenvalue weighted by atomic mass is 32.3. The van der Waals surface area contributed by atoms with E-state index in [-0.39, 0.29) is 0 Å². The van der Waals surface area contributed by atoms with E-state index in [1.807, 2.05) is 32.9 Å². The van der Waals surface area contributed by atoms with Gasteiger partial charge in [-0.1, -0.05) is 0 Å². The maximum atomic E-state index is 12.9. The van der Waals surface area contributed by atoms with E-state index in [1.165, 1.54) is 12.1 Å². The fourth-order valence-electron chi connectivity index (χ4n) is 2.65. The van der Waals surface area contributed by atoms with Gasteiger partial charge in [-0.2, -0.15) is 23.9 Å². The van der Waals surface area contributed by atoms with Crippen molar-refractivity contribution in [1.82, 2.24) is 0 Å². The quantitative estimate of drug-likeness (QED) is 0.487. The lowest BCUT2D eigenvalue weighted by Gasteiger charge is -2.24. The number of aryl methyl sites for hydroxylation is 2. The van der Waals surface area contributed by atoms with Gasteiger partial charge in [-0.05, 0) is 68.3 Å². The molecule has 27 heavy (non-hydrogen) atoms. The molecule has 6 nitrogen and oxygen atoms in total. The average Bonchev–Trinajstić information content (AvgIpc) is 2.63. The Labute approximate surface area is 159 Å². The highest BCUT2D eigenvalue weighted by Crippen LogP contribution is 2.30. The molecular weight excluding hydrogens is 367 g/mol. The Hall–Kier alpha value is -2.79. The Morgan fingerprint density at radius 2 is 1.78 bits per heavy atom. The normalized spacial score (nSPS) is 11.5. The van der Waals surface area contributed by atoms with Crippen LogP contribution < -0.4 is 4.90 Å². The lowest BCUT2D eigenvalue weighted by atomic mass is 10.1. The van der Waals surface area contributed by atoms with E-state index in [4.69, 9.17) is 5.26 Å². The summed E-state index contributed by atoms with van der Waals surface area (Å²) in [6, 6.07) is 11.2. The number of anilines is 1. The molecule has 0 aliphatic carbocycles. The van der Waals surface area contributed by atoms with Crippen LogP contribution in [0, 0.1) is 25.2 Å². The maximum Gasteiger partial charge on any atom is 0.332 e. The number of rotatable bonds is 7. The highest BCUT2D eigenvalue weighted by Gasteiger charge is 2.12. The van der Waals surface area contributed by atoms with Gasteiger partial charge in [0, 0.05) is 18.8 Å². The second-order valence-electron chi connectivity index (χ2n) is 6.04. The molecule has 0 aromatic heterocycles. The molecule has 0 saturated carbocycles. The van der Waals surface area contributed by atoms with Crippen molar-refractivity contribution in [3.8, 4) is 6.07 Å². The average molecular weight is 388 g/mol. The zero-order valence-electron chi connectivity index (χ0n) is 15.5. The summed E-state index contributed by atoms with van der Waals surface area (Å²) in [5, 5.41) is 17.1. The van der Waals surface area contributed by atoms with Crippen LogP contribution in [0.3, 0.4) is 0 Å². The Bertz CT molecular complexity index is 980. The van der Waals surface area contributed by atoms with E-state index < -0.39 is 15.1 Å². The molecule has 0 spiro atoms. The lowest BCUT2D eigenvalue weighted by molar-refractivity contribution is 0.552. The molecule has 0 aliphatic rings. The Morgan fingerprint density at radius 3 is 2.33 bits per heavy atom. The molecule has 2 aromatic rings. The zero-order valence-corrected chi connectivity index (χ0v) is 16.3. The number of nitriles is 1. The van der Waals surface area contributed by atoms with Gasteiger partial charge in [0.05, 0.1) is 28.8 Å². The van der Waals surface area contributed by atoms with Crippen molar-refractivity contribution in [2.75, 3.05) is 18.0 Å². The first-order valence-corrected chi connectivity index (χ1v) is 9.84. The van der Waals surface area contributed by atoms with E-state index in [9.17, 15) is 12.3 Å². The van der Waals surface area contributed by atoms with E-state index >= 15 is 0 Å². The van der Waals surface area contributed by atoms with Crippen molar-refractivity contribution in [2.45, 2.75) is 32.1 Å². The van der Waals surface area contributed by atoms with Crippen LogP contribution in [-0.2, 0) is 10.2 Å². The molecular formula is C19H21FN4O2S. The first-order chi connectivity index (χ1) is 12.8. The van der Waals surface area contributed by atoms with Gasteiger partial charge < -0.3 is 4.90 Å². The van der Waals surface area contributed by atoms with Gasteiger partial charge in [-0.15, -0.1) is 3.89 Å². The topological polar surface area (TPSA) is 85.9 Å². The summed E-state index contributed by atoms with van der Waals surface area (Å²) in [4.78, 5) is 1.73. The maximum absolute atomic E-state index is 12.9. The highest BCUT2D eigenvalue weighted by molar-refractivity contribution is 7.86. The third-order valence-corrected chi connectivity index (χ3v) is 4.96. The minimum Gasteiger partial charge on any atom is -0.371 e. The van der Waals surface area contributed by atoms with Gasteiger partial charge in [0.25, 0.3) is 0 Å². The summed E-state index contributed by atoms with van der Waals surface area (Å²) in [6.07, 6.45) is 0.457. The Balaban J connectivity index is 2.26. The van der Waals surface area contributed by atoms with Crippen LogP contribution in [0.15, 0.2) is 51.5 Å². The zero-order chi connectivity index (χ0) is 20.0. The van der Waals surface area contributed by atoms with Crippen LogP contribution in [0.1, 0.15) is 24.5 Å². The van der Waals surface area contributed by atoms with E-state index in [2.05, 4.69) is 21.2 Å². The molecule has 0 aliphatic heterocycles. The monoisotopic (exact) mass is 388 g/mol. The van der Waals surface area contributed by atoms with Gasteiger partial charge in [0.15, 0.2) is 0 Å². The van der Waals surface area contributed by atoms with Crippen molar-refractivity contribution in [2.24, 2.45) is 10.2 Å². The summed E-state index contributed by atoms with van der Waals surface area (Å²) in [5.41, 5.74) is 4.12. The van der Waals surface area contributed by atoms with Crippen LogP contribution in [0.2, 0.25) is 0 Å². The number of benzene rings is 2. The standard InChI is InChI=1S/C19H21FN4O2S/c1-4-24(11-5-10-21)19-13-14(2)18(12-15(19)3)23-22-16-6-8-17(9-7-16)27(20,25)26/h6-9,12-13H,4-5,11H2,1-3H3. The molecule has 0 atom stereocenters. The minimum absolute atomic E-state index is 0.408. The predicted molar refractivity (Wildman–Crippen MR) is 103 cm³/mol. The minimum atomic E-state index is -4.72. The molecule has 0 heterocycles. The molecule has 0 fully saturated rings. The fourth-order valence-corrected chi connectivity index (χ4v) is 3.12. The van der Waals surface area contributed by atoms with E-state index in [0.717, 1.165) is 35.5 Å². The molecule has 8 heteroatoms. The van der Waals surface area contributed by atoms with Gasteiger partial charge >= 0.3 is 10.2 Å². The van der Waals surface area contributed by atoms with Crippen LogP contribution in [0.25, 0.3) is 0 Å². The fraction of sp³-hybridized carbons (Fsp3) is 0.316. The van der Waals surface area contributed by atoms with Crippen LogP contribution in [0.4, 0.5) is 20.9 Å². The number of azo groups is 1. The van der Waals surface area contributed by atoms with E-state index in [0.29, 0.717) is 24.3 Å². The number of hydrogen-bond acceptors (Lipinski definition) is 6. The van der Waals surface area contributed by atoms with E-state index in [1.54, 1.807) is 0 Å². The third-order valence-electron chi connectivity index (χ3n) is 4.12. The molecule has 2 aromatic carbocycles. The first kappa shape index (κ1) is 20.5. The van der Waals surface area contributed by atoms with Gasteiger partial charge in [0.2, 0.25) is 0 Å².